The summed E-state index contributed by atoms with van der Waals surface area (Å²) >= 11 is 3.03. The molecule has 0 fully saturated rings. The average Bonchev–Trinajstić information content (AvgIpc) is 2.04. The predicted molar refractivity (Wildman–Crippen MR) is 47.9 cm³/mol. The van der Waals surface area contributed by atoms with Gasteiger partial charge in [-0.3, -0.25) is 0 Å². The zero-order valence-electron chi connectivity index (χ0n) is 6.47. The molecule has 0 atom stereocenters. The largest absolute Gasteiger partial charge is 0.505 e. The Morgan fingerprint density at radius 3 is 2.69 bits per heavy atom. The molecule has 0 aliphatic rings. The van der Waals surface area contributed by atoms with Crippen molar-refractivity contribution >= 4 is 21.6 Å². The minimum atomic E-state index is -2.79. The number of aromatic hydroxyl groups is 1. The Morgan fingerprint density at radius 1 is 1.62 bits per heavy atom. The van der Waals surface area contributed by atoms with Crippen LogP contribution in [0.15, 0.2) is 6.20 Å². The summed E-state index contributed by atoms with van der Waals surface area (Å²) in [7, 11) is 0. The minimum absolute atomic E-state index is 0.193. The maximum Gasteiger partial charge on any atom is 0.284 e. The molecule has 6 heteroatoms. The zero-order valence-corrected chi connectivity index (χ0v) is 8.05. The molecule has 72 valence electrons. The first-order valence-corrected chi connectivity index (χ1v) is 4.50. The van der Waals surface area contributed by atoms with Crippen LogP contribution in [0.3, 0.4) is 0 Å². The minimum Gasteiger partial charge on any atom is -0.505 e. The molecule has 0 unspecified atom stereocenters. The molecule has 0 spiro atoms. The number of aromatic nitrogens is 1. The van der Waals surface area contributed by atoms with Crippen molar-refractivity contribution in [2.24, 2.45) is 0 Å². The number of hydrogen-bond donors (Lipinski definition) is 2. The van der Waals surface area contributed by atoms with Crippen LogP contribution >= 0.6 is 15.9 Å². The molecular weight excluding hydrogens is 246 g/mol. The van der Waals surface area contributed by atoms with E-state index in [0.717, 1.165) is 6.20 Å². The molecular formula is C7H7BrF2N2O. The van der Waals surface area contributed by atoms with Gasteiger partial charge in [-0.15, -0.1) is 0 Å². The maximum absolute atomic E-state index is 12.2. The number of anilines is 1. The number of rotatable bonds is 2. The lowest BCUT2D eigenvalue weighted by Gasteiger charge is -2.08. The Bertz CT molecular complexity index is 320. The van der Waals surface area contributed by atoms with E-state index >= 15 is 0 Å². The predicted octanol–water partition coefficient (Wildman–Crippen LogP) is 2.20. The molecule has 3 N–H and O–H groups in total. The molecule has 0 amide bonds. The van der Waals surface area contributed by atoms with E-state index < -0.39 is 17.9 Å². The quantitative estimate of drug-likeness (QED) is 0.794. The third-order valence-electron chi connectivity index (χ3n) is 1.56. The van der Waals surface area contributed by atoms with Crippen LogP contribution < -0.4 is 5.73 Å². The summed E-state index contributed by atoms with van der Waals surface area (Å²) in [5.74, 6) is -0.535. The third kappa shape index (κ3) is 1.88. The van der Waals surface area contributed by atoms with Gasteiger partial charge in [-0.25, -0.2) is 13.8 Å². The summed E-state index contributed by atoms with van der Waals surface area (Å²) in [6.45, 7) is 0. The van der Waals surface area contributed by atoms with Gasteiger partial charge in [0.1, 0.15) is 11.4 Å². The highest BCUT2D eigenvalue weighted by Crippen LogP contribution is 2.33. The summed E-state index contributed by atoms with van der Waals surface area (Å²) in [6.07, 6.45) is -1.68. The standard InChI is InChI=1S/C7H7BrF2N2O/c8-1-3-4(11)2-12-5(6(3)13)7(9)10/h2,7,13H,1,11H2. The molecule has 0 aromatic carbocycles. The van der Waals surface area contributed by atoms with Crippen LogP contribution in [-0.4, -0.2) is 10.1 Å². The van der Waals surface area contributed by atoms with Gasteiger partial charge in [0.15, 0.2) is 0 Å². The maximum atomic E-state index is 12.2. The van der Waals surface area contributed by atoms with Crippen LogP contribution in [0.5, 0.6) is 5.75 Å². The van der Waals surface area contributed by atoms with Crippen LogP contribution in [0.1, 0.15) is 17.7 Å². The van der Waals surface area contributed by atoms with Gasteiger partial charge in [-0.05, 0) is 0 Å². The highest BCUT2D eigenvalue weighted by atomic mass is 79.9. The molecule has 0 saturated heterocycles. The lowest BCUT2D eigenvalue weighted by atomic mass is 10.2. The van der Waals surface area contributed by atoms with Crippen LogP contribution in [0.25, 0.3) is 0 Å². The fraction of sp³-hybridized carbons (Fsp3) is 0.286. The molecule has 1 aromatic rings. The number of halogens is 3. The van der Waals surface area contributed by atoms with E-state index in [1.54, 1.807) is 0 Å². The fourth-order valence-corrected chi connectivity index (χ4v) is 1.46. The van der Waals surface area contributed by atoms with E-state index in [-0.39, 0.29) is 16.6 Å². The Kier molecular flexibility index (Phi) is 3.02. The first kappa shape index (κ1) is 10.2. The lowest BCUT2D eigenvalue weighted by Crippen LogP contribution is -1.99. The van der Waals surface area contributed by atoms with E-state index in [1.165, 1.54) is 0 Å². The van der Waals surface area contributed by atoms with Gasteiger partial charge < -0.3 is 10.8 Å². The highest BCUT2D eigenvalue weighted by molar-refractivity contribution is 9.08. The molecule has 0 radical (unpaired) electrons. The average molecular weight is 253 g/mol. The highest BCUT2D eigenvalue weighted by Gasteiger charge is 2.18. The second-order valence-corrected chi connectivity index (χ2v) is 2.92. The number of alkyl halides is 3. The molecule has 0 saturated carbocycles. The van der Waals surface area contributed by atoms with Crippen LogP contribution in [0.4, 0.5) is 14.5 Å². The Balaban J connectivity index is 3.27. The van der Waals surface area contributed by atoms with Crippen molar-refractivity contribution in [2.75, 3.05) is 5.73 Å². The van der Waals surface area contributed by atoms with E-state index in [2.05, 4.69) is 20.9 Å². The van der Waals surface area contributed by atoms with Gasteiger partial charge in [-0.2, -0.15) is 0 Å². The molecule has 1 rings (SSSR count). The van der Waals surface area contributed by atoms with Crippen molar-refractivity contribution in [3.63, 3.8) is 0 Å². The van der Waals surface area contributed by atoms with Gasteiger partial charge in [-0.1, -0.05) is 15.9 Å². The summed E-state index contributed by atoms with van der Waals surface area (Å²) in [5.41, 5.74) is 5.20. The molecule has 13 heavy (non-hydrogen) atoms. The smallest absolute Gasteiger partial charge is 0.284 e. The molecule has 1 aromatic heterocycles. The number of nitrogens with two attached hydrogens (primary N) is 1. The number of nitrogens with zero attached hydrogens (tertiary/aromatic N) is 1. The van der Waals surface area contributed by atoms with Crippen LogP contribution in [0, 0.1) is 0 Å². The van der Waals surface area contributed by atoms with Crippen molar-refractivity contribution in [1.82, 2.24) is 4.98 Å². The lowest BCUT2D eigenvalue weighted by molar-refractivity contribution is 0.141. The first-order chi connectivity index (χ1) is 6.07. The van der Waals surface area contributed by atoms with Crippen molar-refractivity contribution in [1.29, 1.82) is 0 Å². The summed E-state index contributed by atoms with van der Waals surface area (Å²) in [5, 5.41) is 9.50. The molecule has 3 nitrogen and oxygen atoms in total. The second-order valence-electron chi connectivity index (χ2n) is 2.36. The van der Waals surface area contributed by atoms with Gasteiger partial charge >= 0.3 is 0 Å². The van der Waals surface area contributed by atoms with E-state index in [0.29, 0.717) is 0 Å². The Morgan fingerprint density at radius 2 is 2.23 bits per heavy atom. The topological polar surface area (TPSA) is 59.1 Å². The van der Waals surface area contributed by atoms with Gasteiger partial charge in [0.05, 0.1) is 11.9 Å². The monoisotopic (exact) mass is 252 g/mol. The molecule has 0 aliphatic heterocycles. The fourth-order valence-electron chi connectivity index (χ4n) is 0.870. The molecule has 0 aliphatic carbocycles. The van der Waals surface area contributed by atoms with E-state index in [4.69, 9.17) is 5.73 Å². The SMILES string of the molecule is Nc1cnc(C(F)F)c(O)c1CBr. The van der Waals surface area contributed by atoms with Crippen molar-refractivity contribution < 1.29 is 13.9 Å². The van der Waals surface area contributed by atoms with Crippen molar-refractivity contribution in [2.45, 2.75) is 11.8 Å². The number of pyridine rings is 1. The second kappa shape index (κ2) is 3.87. The summed E-state index contributed by atoms with van der Waals surface area (Å²) in [4.78, 5) is 3.34. The number of hydrogen-bond acceptors (Lipinski definition) is 3. The van der Waals surface area contributed by atoms with Gasteiger partial charge in [0.25, 0.3) is 6.43 Å². The Hall–Kier alpha value is -0.910. The van der Waals surface area contributed by atoms with E-state index in [1.807, 2.05) is 0 Å². The van der Waals surface area contributed by atoms with Crippen molar-refractivity contribution in [3.8, 4) is 5.75 Å². The number of nitrogen functional groups attached to an aromatic ring is 1. The van der Waals surface area contributed by atoms with Crippen molar-refractivity contribution in [3.05, 3.63) is 17.5 Å². The molecule has 0 bridgehead atoms. The normalized spacial score (nSPS) is 10.8. The van der Waals surface area contributed by atoms with Crippen LogP contribution in [-0.2, 0) is 5.33 Å². The van der Waals surface area contributed by atoms with Gasteiger partial charge in [0, 0.05) is 10.9 Å². The van der Waals surface area contributed by atoms with E-state index in [9.17, 15) is 13.9 Å². The van der Waals surface area contributed by atoms with Crippen LogP contribution in [0.2, 0.25) is 0 Å². The van der Waals surface area contributed by atoms with Gasteiger partial charge in [0.2, 0.25) is 0 Å². The third-order valence-corrected chi connectivity index (χ3v) is 2.12. The summed E-state index contributed by atoms with van der Waals surface area (Å²) in [6, 6.07) is 0. The summed E-state index contributed by atoms with van der Waals surface area (Å²) < 4.78 is 24.4. The Labute approximate surface area is 81.7 Å². The molecule has 1 heterocycles. The first-order valence-electron chi connectivity index (χ1n) is 3.38. The zero-order chi connectivity index (χ0) is 10.0.